The number of nitrogens with one attached hydrogen (secondary N) is 2. The van der Waals surface area contributed by atoms with Gasteiger partial charge in [0.05, 0.1) is 22.3 Å². The van der Waals surface area contributed by atoms with Crippen LogP contribution < -0.4 is 16.2 Å². The molecule has 2 N–H and O–H groups in total. The zero-order valence-corrected chi connectivity index (χ0v) is 22.6. The lowest BCUT2D eigenvalue weighted by Crippen LogP contribution is -2.47. The van der Waals surface area contributed by atoms with Crippen LogP contribution in [0, 0.1) is 5.92 Å². The van der Waals surface area contributed by atoms with Crippen molar-refractivity contribution in [1.29, 1.82) is 0 Å². The maximum Gasteiger partial charge on any atom is 0.258 e. The average Bonchev–Trinajstić information content (AvgIpc) is 2.85. The van der Waals surface area contributed by atoms with Crippen molar-refractivity contribution in [1.82, 2.24) is 19.8 Å². The number of aromatic nitrogens is 2. The molecule has 0 radical (unpaired) electrons. The highest BCUT2D eigenvalue weighted by molar-refractivity contribution is 6.42. The molecular weight excluding hydrogens is 501 g/mol. The second-order valence-electron chi connectivity index (χ2n) is 10.1. The van der Waals surface area contributed by atoms with Crippen LogP contribution in [0.3, 0.4) is 0 Å². The maximum absolute atomic E-state index is 13.8. The SMILES string of the molecule is CNC(=O)C1CCC(n2c(NC(C)C)nc3c(c2=O)C[C@@H](C)N(C(=O)c2ccc(Cl)c(Cl)c2)C3)CC1. The van der Waals surface area contributed by atoms with Crippen molar-refractivity contribution in [2.45, 2.75) is 77.5 Å². The van der Waals surface area contributed by atoms with Crippen LogP contribution in [0.1, 0.15) is 74.1 Å². The first-order valence-corrected chi connectivity index (χ1v) is 13.2. The van der Waals surface area contributed by atoms with E-state index < -0.39 is 0 Å². The van der Waals surface area contributed by atoms with E-state index >= 15 is 0 Å². The number of benzene rings is 1. The van der Waals surface area contributed by atoms with Crippen molar-refractivity contribution >= 4 is 41.0 Å². The predicted octanol–water partition coefficient (Wildman–Crippen LogP) is 4.43. The van der Waals surface area contributed by atoms with Crippen LogP contribution in [-0.4, -0.2) is 45.4 Å². The van der Waals surface area contributed by atoms with Crippen molar-refractivity contribution in [2.24, 2.45) is 5.92 Å². The fourth-order valence-corrected chi connectivity index (χ4v) is 5.54. The van der Waals surface area contributed by atoms with Gasteiger partial charge in [0.1, 0.15) is 0 Å². The van der Waals surface area contributed by atoms with Crippen LogP contribution in [0.15, 0.2) is 23.0 Å². The Bertz CT molecular complexity index is 1220. The van der Waals surface area contributed by atoms with Gasteiger partial charge in [-0.2, -0.15) is 0 Å². The van der Waals surface area contributed by atoms with Gasteiger partial charge in [-0.3, -0.25) is 19.0 Å². The zero-order valence-electron chi connectivity index (χ0n) is 21.1. The Morgan fingerprint density at radius 1 is 1.11 bits per heavy atom. The number of rotatable bonds is 5. The fraction of sp³-hybridized carbons (Fsp3) is 0.538. The van der Waals surface area contributed by atoms with Gasteiger partial charge < -0.3 is 15.5 Å². The number of fused-ring (bicyclic) bond motifs is 1. The molecule has 1 aromatic carbocycles. The van der Waals surface area contributed by atoms with Gasteiger partial charge >= 0.3 is 0 Å². The van der Waals surface area contributed by atoms with E-state index in [1.165, 1.54) is 0 Å². The summed E-state index contributed by atoms with van der Waals surface area (Å²) >= 11 is 12.2. The molecule has 0 spiro atoms. The molecule has 2 aliphatic rings. The lowest BCUT2D eigenvalue weighted by molar-refractivity contribution is -0.125. The second kappa shape index (κ2) is 10.8. The normalized spacial score (nSPS) is 21.8. The van der Waals surface area contributed by atoms with E-state index in [4.69, 9.17) is 28.2 Å². The van der Waals surface area contributed by atoms with Gasteiger partial charge in [0.15, 0.2) is 0 Å². The quantitative estimate of drug-likeness (QED) is 0.592. The molecule has 2 amide bonds. The Morgan fingerprint density at radius 2 is 1.81 bits per heavy atom. The summed E-state index contributed by atoms with van der Waals surface area (Å²) in [6.45, 7) is 6.18. The molecule has 1 saturated carbocycles. The van der Waals surface area contributed by atoms with Gasteiger partial charge in [-0.15, -0.1) is 0 Å². The van der Waals surface area contributed by atoms with Crippen LogP contribution >= 0.6 is 23.2 Å². The topological polar surface area (TPSA) is 96.3 Å². The summed E-state index contributed by atoms with van der Waals surface area (Å²) in [5.41, 5.74) is 1.66. The molecule has 2 heterocycles. The number of hydrogen-bond donors (Lipinski definition) is 2. The van der Waals surface area contributed by atoms with Crippen molar-refractivity contribution in [3.05, 3.63) is 55.4 Å². The number of hydrogen-bond acceptors (Lipinski definition) is 5. The Labute approximate surface area is 221 Å². The molecule has 4 rings (SSSR count). The molecule has 0 saturated heterocycles. The summed E-state index contributed by atoms with van der Waals surface area (Å²) in [5, 5.41) is 6.79. The van der Waals surface area contributed by atoms with Crippen molar-refractivity contribution in [2.75, 3.05) is 12.4 Å². The molecule has 1 atom stereocenters. The van der Waals surface area contributed by atoms with Crippen LogP contribution in [0.4, 0.5) is 5.95 Å². The first-order chi connectivity index (χ1) is 17.1. The van der Waals surface area contributed by atoms with Crippen LogP contribution in [0.2, 0.25) is 10.0 Å². The largest absolute Gasteiger partial charge is 0.359 e. The standard InChI is InChI=1S/C26H33Cl2N5O3/c1-14(2)30-26-31-22-13-32(24(35)17-7-10-20(27)21(28)12-17)15(3)11-19(22)25(36)33(26)18-8-5-16(6-9-18)23(34)29-4/h7,10,12,14-16,18H,5-6,8-9,11,13H2,1-4H3,(H,29,34)(H,30,31)/t15-,16?,18?/m1/s1. The summed E-state index contributed by atoms with van der Waals surface area (Å²) in [7, 11) is 1.66. The van der Waals surface area contributed by atoms with Gasteiger partial charge in [0.25, 0.3) is 11.5 Å². The molecule has 0 unspecified atom stereocenters. The molecule has 1 aliphatic heterocycles. The Morgan fingerprint density at radius 3 is 2.42 bits per heavy atom. The number of carbonyl (C=O) groups is 2. The minimum atomic E-state index is -0.185. The summed E-state index contributed by atoms with van der Waals surface area (Å²) in [6.07, 6.45) is 3.36. The lowest BCUT2D eigenvalue weighted by Gasteiger charge is -2.36. The number of nitrogens with zero attached hydrogens (tertiary/aromatic N) is 3. The number of halogens is 2. The van der Waals surface area contributed by atoms with Gasteiger partial charge in [0, 0.05) is 42.2 Å². The zero-order chi connectivity index (χ0) is 26.1. The molecule has 8 nitrogen and oxygen atoms in total. The minimum absolute atomic E-state index is 0.0185. The number of carbonyl (C=O) groups excluding carboxylic acids is 2. The van der Waals surface area contributed by atoms with Crippen LogP contribution in [0.5, 0.6) is 0 Å². The van der Waals surface area contributed by atoms with E-state index in [9.17, 15) is 14.4 Å². The van der Waals surface area contributed by atoms with Gasteiger partial charge in [-0.05, 0) is 71.1 Å². The van der Waals surface area contributed by atoms with Gasteiger partial charge in [-0.1, -0.05) is 23.2 Å². The summed E-state index contributed by atoms with van der Waals surface area (Å²) in [5.74, 6) is 0.387. The highest BCUT2D eigenvalue weighted by atomic mass is 35.5. The first kappa shape index (κ1) is 26.5. The second-order valence-corrected chi connectivity index (χ2v) is 10.9. The average molecular weight is 534 g/mol. The van der Waals surface area contributed by atoms with E-state index in [-0.39, 0.29) is 48.0 Å². The van der Waals surface area contributed by atoms with Crippen molar-refractivity contribution < 1.29 is 9.59 Å². The highest BCUT2D eigenvalue weighted by Gasteiger charge is 2.34. The molecule has 36 heavy (non-hydrogen) atoms. The number of anilines is 1. The van der Waals surface area contributed by atoms with E-state index in [2.05, 4.69) is 10.6 Å². The van der Waals surface area contributed by atoms with E-state index in [0.717, 1.165) is 25.7 Å². The Kier molecular flexibility index (Phi) is 7.95. The minimum Gasteiger partial charge on any atom is -0.359 e. The number of amides is 2. The first-order valence-electron chi connectivity index (χ1n) is 12.5. The van der Waals surface area contributed by atoms with Gasteiger partial charge in [0.2, 0.25) is 11.9 Å². The third kappa shape index (κ3) is 5.25. The molecule has 1 aliphatic carbocycles. The van der Waals surface area contributed by atoms with E-state index in [1.807, 2.05) is 20.8 Å². The van der Waals surface area contributed by atoms with E-state index in [0.29, 0.717) is 39.2 Å². The lowest BCUT2D eigenvalue weighted by atomic mass is 9.85. The summed E-state index contributed by atoms with van der Waals surface area (Å²) < 4.78 is 1.79. The molecular formula is C26H33Cl2N5O3. The van der Waals surface area contributed by atoms with Crippen LogP contribution in [0.25, 0.3) is 0 Å². The fourth-order valence-electron chi connectivity index (χ4n) is 5.24. The molecule has 1 aromatic heterocycles. The van der Waals surface area contributed by atoms with Crippen molar-refractivity contribution in [3.8, 4) is 0 Å². The smallest absolute Gasteiger partial charge is 0.258 e. The monoisotopic (exact) mass is 533 g/mol. The molecule has 194 valence electrons. The summed E-state index contributed by atoms with van der Waals surface area (Å²) in [6, 6.07) is 4.70. The maximum atomic E-state index is 13.8. The molecule has 10 heteroatoms. The third-order valence-corrected chi connectivity index (χ3v) is 7.91. The third-order valence-electron chi connectivity index (χ3n) is 7.17. The van der Waals surface area contributed by atoms with Crippen LogP contribution in [-0.2, 0) is 17.8 Å². The van der Waals surface area contributed by atoms with Crippen molar-refractivity contribution in [3.63, 3.8) is 0 Å². The summed E-state index contributed by atoms with van der Waals surface area (Å²) in [4.78, 5) is 45.9. The Hall–Kier alpha value is -2.58. The highest BCUT2D eigenvalue weighted by Crippen LogP contribution is 2.34. The molecule has 2 aromatic rings. The predicted molar refractivity (Wildman–Crippen MR) is 142 cm³/mol. The molecule has 0 bridgehead atoms. The molecule has 1 fully saturated rings. The van der Waals surface area contributed by atoms with E-state index in [1.54, 1.807) is 34.7 Å². The Balaban J connectivity index is 1.66. The van der Waals surface area contributed by atoms with Gasteiger partial charge in [-0.25, -0.2) is 4.98 Å².